The van der Waals surface area contributed by atoms with Crippen LogP contribution < -0.4 is 0 Å². The molecule has 0 aliphatic rings. The molecule has 0 atom stereocenters. The molecular weight excluding hydrogens is 337 g/mol. The molecule has 0 unspecified atom stereocenters. The van der Waals surface area contributed by atoms with E-state index in [0.717, 1.165) is 6.08 Å². The second-order valence-electron chi connectivity index (χ2n) is 3.83. The first kappa shape index (κ1) is 15.4. The third kappa shape index (κ3) is 3.03. The molecule has 0 bridgehead atoms. The molecule has 1 aromatic carbocycles. The minimum Gasteiger partial charge on any atom is -0.478 e. The second-order valence-corrected chi connectivity index (χ2v) is 5.00. The first-order valence-electron chi connectivity index (χ1n) is 5.48. The van der Waals surface area contributed by atoms with Crippen LogP contribution in [0.3, 0.4) is 0 Å². The summed E-state index contributed by atoms with van der Waals surface area (Å²) in [6.07, 6.45) is 3.47. The molecule has 1 aromatic heterocycles. The molecule has 0 radical (unpaired) electrons. The Morgan fingerprint density at radius 3 is 2.67 bits per heavy atom. The molecule has 0 saturated carbocycles. The molecule has 0 spiro atoms. The average Bonchev–Trinajstić information content (AvgIpc) is 2.85. The number of hydrogen-bond acceptors (Lipinski definition) is 3. The Morgan fingerprint density at radius 1 is 1.33 bits per heavy atom. The van der Waals surface area contributed by atoms with Crippen LogP contribution in [0.2, 0.25) is 15.1 Å². The van der Waals surface area contributed by atoms with Gasteiger partial charge < -0.3 is 5.11 Å². The lowest BCUT2D eigenvalue weighted by Crippen LogP contribution is -2.01. The van der Waals surface area contributed by atoms with Gasteiger partial charge in [0.15, 0.2) is 0 Å². The van der Waals surface area contributed by atoms with Crippen LogP contribution >= 0.6 is 34.8 Å². The predicted molar refractivity (Wildman–Crippen MR) is 80.0 cm³/mol. The number of halogens is 3. The molecule has 0 saturated heterocycles. The predicted octanol–water partition coefficient (Wildman–Crippen LogP) is 3.80. The Hall–Kier alpha value is -2.00. The highest BCUT2D eigenvalue weighted by molar-refractivity contribution is 6.48. The van der Waals surface area contributed by atoms with E-state index in [1.54, 1.807) is 6.07 Å². The first-order chi connectivity index (χ1) is 9.95. The van der Waals surface area contributed by atoms with Crippen LogP contribution in [-0.4, -0.2) is 20.9 Å². The highest BCUT2D eigenvalue weighted by atomic mass is 35.5. The van der Waals surface area contributed by atoms with Gasteiger partial charge in [-0.15, -0.1) is 0 Å². The van der Waals surface area contributed by atoms with Gasteiger partial charge >= 0.3 is 5.97 Å². The van der Waals surface area contributed by atoms with E-state index in [-0.39, 0.29) is 26.3 Å². The SMILES string of the molecule is N#Cc1cnn(-c2ccc(Cl)c(Cl)c2Cl)c1/C=C/C(=O)O. The van der Waals surface area contributed by atoms with Crippen molar-refractivity contribution in [3.63, 3.8) is 0 Å². The Bertz CT molecular complexity index is 791. The normalized spacial score (nSPS) is 10.8. The van der Waals surface area contributed by atoms with Crippen molar-refractivity contribution in [2.24, 2.45) is 0 Å². The zero-order valence-electron chi connectivity index (χ0n) is 10.2. The van der Waals surface area contributed by atoms with Crippen LogP contribution in [0.5, 0.6) is 0 Å². The lowest BCUT2D eigenvalue weighted by atomic mass is 10.2. The highest BCUT2D eigenvalue weighted by Gasteiger charge is 2.15. The van der Waals surface area contributed by atoms with E-state index in [0.29, 0.717) is 5.69 Å². The van der Waals surface area contributed by atoms with Crippen LogP contribution in [-0.2, 0) is 4.79 Å². The Labute approximate surface area is 134 Å². The molecule has 0 amide bonds. The highest BCUT2D eigenvalue weighted by Crippen LogP contribution is 2.35. The van der Waals surface area contributed by atoms with E-state index in [4.69, 9.17) is 45.2 Å². The largest absolute Gasteiger partial charge is 0.478 e. The molecule has 21 heavy (non-hydrogen) atoms. The van der Waals surface area contributed by atoms with Gasteiger partial charge in [0.05, 0.1) is 38.2 Å². The third-order valence-corrected chi connectivity index (χ3v) is 3.84. The molecule has 1 N–H and O–H groups in total. The monoisotopic (exact) mass is 341 g/mol. The first-order valence-corrected chi connectivity index (χ1v) is 6.62. The van der Waals surface area contributed by atoms with Crippen LogP contribution in [0.1, 0.15) is 11.3 Å². The summed E-state index contributed by atoms with van der Waals surface area (Å²) in [7, 11) is 0. The maximum atomic E-state index is 10.6. The number of carboxylic acid groups (broad SMARTS) is 1. The summed E-state index contributed by atoms with van der Waals surface area (Å²) in [5, 5.41) is 22.4. The lowest BCUT2D eigenvalue weighted by Gasteiger charge is -2.09. The van der Waals surface area contributed by atoms with Crippen molar-refractivity contribution < 1.29 is 9.90 Å². The summed E-state index contributed by atoms with van der Waals surface area (Å²) >= 11 is 17.9. The molecule has 2 rings (SSSR count). The third-order valence-electron chi connectivity index (χ3n) is 2.55. The Kier molecular flexibility index (Phi) is 4.53. The quantitative estimate of drug-likeness (QED) is 0.679. The molecule has 0 aliphatic heterocycles. The van der Waals surface area contributed by atoms with Crippen LogP contribution in [0.25, 0.3) is 11.8 Å². The van der Waals surface area contributed by atoms with E-state index in [1.807, 2.05) is 6.07 Å². The lowest BCUT2D eigenvalue weighted by molar-refractivity contribution is -0.131. The number of nitriles is 1. The summed E-state index contributed by atoms with van der Waals surface area (Å²) in [5.74, 6) is -1.15. The van der Waals surface area contributed by atoms with Crippen molar-refractivity contribution in [2.45, 2.75) is 0 Å². The zero-order valence-corrected chi connectivity index (χ0v) is 12.5. The molecule has 0 fully saturated rings. The van der Waals surface area contributed by atoms with Crippen LogP contribution in [0, 0.1) is 11.3 Å². The molecule has 8 heteroatoms. The standard InChI is InChI=1S/C13H6Cl3N3O2/c14-8-1-2-10(13(16)12(8)15)19-9(3-4-11(20)21)7(5-17)6-18-19/h1-4,6H,(H,20,21)/b4-3+. The van der Waals surface area contributed by atoms with Crippen molar-refractivity contribution in [3.05, 3.63) is 50.7 Å². The minimum atomic E-state index is -1.15. The topological polar surface area (TPSA) is 78.9 Å². The van der Waals surface area contributed by atoms with E-state index < -0.39 is 5.97 Å². The number of rotatable bonds is 3. The Morgan fingerprint density at radius 2 is 2.05 bits per heavy atom. The number of hydrogen-bond donors (Lipinski definition) is 1. The molecule has 106 valence electrons. The Balaban J connectivity index is 2.66. The van der Waals surface area contributed by atoms with Gasteiger partial charge in [-0.1, -0.05) is 34.8 Å². The van der Waals surface area contributed by atoms with Crippen LogP contribution in [0.4, 0.5) is 0 Å². The summed E-state index contributed by atoms with van der Waals surface area (Å²) in [6, 6.07) is 5.03. The number of aromatic nitrogens is 2. The van der Waals surface area contributed by atoms with Gasteiger partial charge in [-0.05, 0) is 18.2 Å². The maximum Gasteiger partial charge on any atom is 0.328 e. The summed E-state index contributed by atoms with van der Waals surface area (Å²) < 4.78 is 1.32. The molecule has 2 aromatic rings. The smallest absolute Gasteiger partial charge is 0.328 e. The number of nitrogens with zero attached hydrogens (tertiary/aromatic N) is 3. The van der Waals surface area contributed by atoms with E-state index in [1.165, 1.54) is 23.0 Å². The fourth-order valence-electron chi connectivity index (χ4n) is 1.63. The van der Waals surface area contributed by atoms with Gasteiger partial charge in [-0.3, -0.25) is 0 Å². The van der Waals surface area contributed by atoms with Gasteiger partial charge in [-0.25, -0.2) is 9.48 Å². The van der Waals surface area contributed by atoms with Gasteiger partial charge in [-0.2, -0.15) is 10.4 Å². The molecule has 0 aliphatic carbocycles. The average molecular weight is 343 g/mol. The summed E-state index contributed by atoms with van der Waals surface area (Å²) in [5.41, 5.74) is 0.868. The zero-order chi connectivity index (χ0) is 15.6. The van der Waals surface area contributed by atoms with Gasteiger partial charge in [0.2, 0.25) is 0 Å². The van der Waals surface area contributed by atoms with E-state index in [9.17, 15) is 4.79 Å². The molecule has 5 nitrogen and oxygen atoms in total. The number of carboxylic acids is 1. The minimum absolute atomic E-state index is 0.151. The summed E-state index contributed by atoms with van der Waals surface area (Å²) in [4.78, 5) is 10.6. The van der Waals surface area contributed by atoms with E-state index >= 15 is 0 Å². The van der Waals surface area contributed by atoms with Crippen molar-refractivity contribution in [1.82, 2.24) is 9.78 Å². The number of aliphatic carboxylic acids is 1. The fourth-order valence-corrected chi connectivity index (χ4v) is 2.24. The number of benzene rings is 1. The van der Waals surface area contributed by atoms with Crippen molar-refractivity contribution in [2.75, 3.05) is 0 Å². The van der Waals surface area contributed by atoms with Crippen molar-refractivity contribution >= 4 is 46.8 Å². The van der Waals surface area contributed by atoms with Gasteiger partial charge in [0, 0.05) is 6.08 Å². The second kappa shape index (κ2) is 6.19. The van der Waals surface area contributed by atoms with Crippen molar-refractivity contribution in [1.29, 1.82) is 5.26 Å². The van der Waals surface area contributed by atoms with Gasteiger partial charge in [0.1, 0.15) is 6.07 Å². The fraction of sp³-hybridized carbons (Fsp3) is 0. The van der Waals surface area contributed by atoms with Crippen molar-refractivity contribution in [3.8, 4) is 11.8 Å². The maximum absolute atomic E-state index is 10.6. The van der Waals surface area contributed by atoms with Gasteiger partial charge in [0.25, 0.3) is 0 Å². The molecular formula is C13H6Cl3N3O2. The van der Waals surface area contributed by atoms with Crippen LogP contribution in [0.15, 0.2) is 24.4 Å². The molecule has 1 heterocycles. The number of carbonyl (C=O) groups is 1. The van der Waals surface area contributed by atoms with E-state index in [2.05, 4.69) is 5.10 Å². The summed E-state index contributed by atoms with van der Waals surface area (Å²) in [6.45, 7) is 0.